The summed E-state index contributed by atoms with van der Waals surface area (Å²) in [6.45, 7) is 6.60. The number of hydrogen-bond donors (Lipinski definition) is 1. The van der Waals surface area contributed by atoms with Gasteiger partial charge in [-0.15, -0.1) is 0 Å². The first kappa shape index (κ1) is 18.2. The molecule has 0 aliphatic rings. The van der Waals surface area contributed by atoms with E-state index >= 15 is 0 Å². The van der Waals surface area contributed by atoms with Crippen molar-refractivity contribution in [3.63, 3.8) is 0 Å². The Hall–Kier alpha value is -2.63. The maximum Gasteiger partial charge on any atom is 0.244 e. The van der Waals surface area contributed by atoms with Crippen molar-refractivity contribution in [3.05, 3.63) is 47.5 Å². The van der Waals surface area contributed by atoms with Crippen LogP contribution in [-0.2, 0) is 18.3 Å². The Morgan fingerprint density at radius 1 is 1.27 bits per heavy atom. The molecule has 1 atom stereocenters. The zero-order chi connectivity index (χ0) is 18.7. The van der Waals surface area contributed by atoms with E-state index in [0.29, 0.717) is 13.0 Å². The lowest BCUT2D eigenvalue weighted by atomic mass is 10.1. The molecule has 3 rings (SSSR count). The Balaban J connectivity index is 1.66. The second kappa shape index (κ2) is 7.72. The van der Waals surface area contributed by atoms with Crippen LogP contribution in [0.1, 0.15) is 43.0 Å². The van der Waals surface area contributed by atoms with Crippen LogP contribution in [0.25, 0.3) is 11.0 Å². The van der Waals surface area contributed by atoms with Gasteiger partial charge in [0.15, 0.2) is 0 Å². The van der Waals surface area contributed by atoms with E-state index in [1.807, 2.05) is 49.8 Å². The normalized spacial score (nSPS) is 12.5. The SMILES string of the molecule is CCC[C@H](C(=O)NCCc1nc2ccccc2n1C)n1nc(C)cc1C. The number of amides is 1. The second-order valence-electron chi connectivity index (χ2n) is 6.79. The van der Waals surface area contributed by atoms with Gasteiger partial charge in [-0.3, -0.25) is 9.48 Å². The third-order valence-electron chi connectivity index (χ3n) is 4.73. The molecule has 3 aromatic rings. The standard InChI is InChI=1S/C20H27N5O/c1-5-8-18(25-15(3)13-14(2)23-25)20(26)21-12-11-19-22-16-9-6-7-10-17(16)24(19)4/h6-7,9-10,13,18H,5,8,11-12H2,1-4H3,(H,21,26)/t18-/m1/s1. The van der Waals surface area contributed by atoms with E-state index in [2.05, 4.69) is 33.0 Å². The highest BCUT2D eigenvalue weighted by molar-refractivity contribution is 5.80. The molecule has 0 spiro atoms. The first-order valence-corrected chi connectivity index (χ1v) is 9.22. The van der Waals surface area contributed by atoms with Crippen molar-refractivity contribution in [1.29, 1.82) is 0 Å². The molecule has 0 saturated carbocycles. The lowest BCUT2D eigenvalue weighted by molar-refractivity contribution is -0.124. The number of aryl methyl sites for hydroxylation is 3. The van der Waals surface area contributed by atoms with Gasteiger partial charge in [0.2, 0.25) is 5.91 Å². The lowest BCUT2D eigenvalue weighted by Crippen LogP contribution is -2.35. The highest BCUT2D eigenvalue weighted by atomic mass is 16.2. The van der Waals surface area contributed by atoms with Crippen molar-refractivity contribution in [2.45, 2.75) is 46.1 Å². The molecule has 26 heavy (non-hydrogen) atoms. The zero-order valence-electron chi connectivity index (χ0n) is 16.0. The van der Waals surface area contributed by atoms with Crippen molar-refractivity contribution < 1.29 is 4.79 Å². The summed E-state index contributed by atoms with van der Waals surface area (Å²) in [5, 5.41) is 7.57. The van der Waals surface area contributed by atoms with Crippen molar-refractivity contribution in [3.8, 4) is 0 Å². The third-order valence-corrected chi connectivity index (χ3v) is 4.73. The highest BCUT2D eigenvalue weighted by Crippen LogP contribution is 2.17. The molecule has 0 saturated heterocycles. The summed E-state index contributed by atoms with van der Waals surface area (Å²) < 4.78 is 3.94. The summed E-state index contributed by atoms with van der Waals surface area (Å²) in [4.78, 5) is 17.4. The maximum atomic E-state index is 12.7. The Kier molecular flexibility index (Phi) is 5.40. The number of nitrogens with one attached hydrogen (secondary N) is 1. The monoisotopic (exact) mass is 353 g/mol. The van der Waals surface area contributed by atoms with E-state index in [0.717, 1.165) is 41.1 Å². The van der Waals surface area contributed by atoms with Gasteiger partial charge < -0.3 is 9.88 Å². The van der Waals surface area contributed by atoms with Crippen LogP contribution in [0.15, 0.2) is 30.3 Å². The summed E-state index contributed by atoms with van der Waals surface area (Å²) >= 11 is 0. The van der Waals surface area contributed by atoms with Gasteiger partial charge in [-0.1, -0.05) is 25.5 Å². The van der Waals surface area contributed by atoms with Gasteiger partial charge in [0.25, 0.3) is 0 Å². The van der Waals surface area contributed by atoms with Crippen LogP contribution in [-0.4, -0.2) is 31.8 Å². The number of fused-ring (bicyclic) bond motifs is 1. The number of rotatable bonds is 7. The summed E-state index contributed by atoms with van der Waals surface area (Å²) in [7, 11) is 2.02. The fraction of sp³-hybridized carbons (Fsp3) is 0.450. The summed E-state index contributed by atoms with van der Waals surface area (Å²) in [6.07, 6.45) is 2.41. The van der Waals surface area contributed by atoms with Gasteiger partial charge in [0, 0.05) is 25.7 Å². The molecule has 6 heteroatoms. The van der Waals surface area contributed by atoms with E-state index in [1.165, 1.54) is 0 Å². The van der Waals surface area contributed by atoms with Crippen molar-refractivity contribution >= 4 is 16.9 Å². The molecule has 1 amide bonds. The van der Waals surface area contributed by atoms with Gasteiger partial charge in [-0.25, -0.2) is 4.98 Å². The molecular weight excluding hydrogens is 326 g/mol. The van der Waals surface area contributed by atoms with Crippen molar-refractivity contribution in [1.82, 2.24) is 24.6 Å². The van der Waals surface area contributed by atoms with Gasteiger partial charge in [0.05, 0.1) is 16.7 Å². The van der Waals surface area contributed by atoms with Crippen LogP contribution in [0, 0.1) is 13.8 Å². The molecule has 0 fully saturated rings. The van der Waals surface area contributed by atoms with Gasteiger partial charge in [-0.2, -0.15) is 5.10 Å². The summed E-state index contributed by atoms with van der Waals surface area (Å²) in [5.41, 5.74) is 4.06. The highest BCUT2D eigenvalue weighted by Gasteiger charge is 2.22. The number of nitrogens with zero attached hydrogens (tertiary/aromatic N) is 4. The summed E-state index contributed by atoms with van der Waals surface area (Å²) in [5.74, 6) is 1.00. The van der Waals surface area contributed by atoms with Crippen LogP contribution >= 0.6 is 0 Å². The predicted molar refractivity (Wildman–Crippen MR) is 103 cm³/mol. The number of benzene rings is 1. The fourth-order valence-corrected chi connectivity index (χ4v) is 3.43. The molecule has 0 aliphatic carbocycles. The molecule has 0 bridgehead atoms. The van der Waals surface area contributed by atoms with E-state index in [-0.39, 0.29) is 11.9 Å². The minimum absolute atomic E-state index is 0.0248. The molecule has 1 N–H and O–H groups in total. The lowest BCUT2D eigenvalue weighted by Gasteiger charge is -2.18. The molecule has 6 nitrogen and oxygen atoms in total. The Morgan fingerprint density at radius 3 is 2.69 bits per heavy atom. The van der Waals surface area contributed by atoms with E-state index in [9.17, 15) is 4.79 Å². The van der Waals surface area contributed by atoms with Crippen LogP contribution in [0.5, 0.6) is 0 Å². The number of carbonyl (C=O) groups is 1. The quantitative estimate of drug-likeness (QED) is 0.710. The molecule has 0 aliphatic heterocycles. The molecule has 0 radical (unpaired) electrons. The average Bonchev–Trinajstić information content (AvgIpc) is 3.12. The van der Waals surface area contributed by atoms with Gasteiger partial charge in [0.1, 0.15) is 11.9 Å². The minimum atomic E-state index is -0.255. The average molecular weight is 353 g/mol. The maximum absolute atomic E-state index is 12.7. The van der Waals surface area contributed by atoms with Crippen LogP contribution < -0.4 is 5.32 Å². The Labute approximate surface area is 154 Å². The van der Waals surface area contributed by atoms with E-state index < -0.39 is 0 Å². The van der Waals surface area contributed by atoms with Crippen LogP contribution in [0.3, 0.4) is 0 Å². The van der Waals surface area contributed by atoms with E-state index in [1.54, 1.807) is 0 Å². The minimum Gasteiger partial charge on any atom is -0.354 e. The molecule has 2 aromatic heterocycles. The van der Waals surface area contributed by atoms with Crippen molar-refractivity contribution in [2.75, 3.05) is 6.54 Å². The second-order valence-corrected chi connectivity index (χ2v) is 6.79. The molecule has 0 unspecified atom stereocenters. The Morgan fingerprint density at radius 2 is 2.04 bits per heavy atom. The van der Waals surface area contributed by atoms with Crippen molar-refractivity contribution in [2.24, 2.45) is 7.05 Å². The molecule has 2 heterocycles. The molecular formula is C20H27N5O. The number of para-hydroxylation sites is 2. The Bertz CT molecular complexity index is 908. The van der Waals surface area contributed by atoms with Crippen LogP contribution in [0.4, 0.5) is 0 Å². The van der Waals surface area contributed by atoms with Crippen LogP contribution in [0.2, 0.25) is 0 Å². The smallest absolute Gasteiger partial charge is 0.244 e. The summed E-state index contributed by atoms with van der Waals surface area (Å²) in [6, 6.07) is 9.83. The number of aromatic nitrogens is 4. The zero-order valence-corrected chi connectivity index (χ0v) is 16.0. The number of carbonyl (C=O) groups excluding carboxylic acids is 1. The van der Waals surface area contributed by atoms with Gasteiger partial charge in [-0.05, 0) is 38.5 Å². The third kappa shape index (κ3) is 3.64. The number of imidazole rings is 1. The van der Waals surface area contributed by atoms with E-state index in [4.69, 9.17) is 0 Å². The first-order valence-electron chi connectivity index (χ1n) is 9.22. The number of hydrogen-bond acceptors (Lipinski definition) is 3. The fourth-order valence-electron chi connectivity index (χ4n) is 3.43. The topological polar surface area (TPSA) is 64.7 Å². The molecule has 1 aromatic carbocycles. The van der Waals surface area contributed by atoms with Gasteiger partial charge >= 0.3 is 0 Å². The predicted octanol–water partition coefficient (Wildman–Crippen LogP) is 3.09. The first-order chi connectivity index (χ1) is 12.5. The molecule has 138 valence electrons. The largest absolute Gasteiger partial charge is 0.354 e.